The van der Waals surface area contributed by atoms with Crippen LogP contribution in [0.2, 0.25) is 0 Å². The van der Waals surface area contributed by atoms with Crippen LogP contribution in [-0.4, -0.2) is 12.9 Å². The number of carbonyl (C=O) groups is 1. The summed E-state index contributed by atoms with van der Waals surface area (Å²) in [6.07, 6.45) is 1.82. The third-order valence-electron chi connectivity index (χ3n) is 2.85. The number of hydrogen-bond acceptors (Lipinski definition) is 2. The van der Waals surface area contributed by atoms with E-state index in [1.54, 1.807) is 0 Å². The Morgan fingerprint density at radius 2 is 2.00 bits per heavy atom. The predicted molar refractivity (Wildman–Crippen MR) is 58.5 cm³/mol. The van der Waals surface area contributed by atoms with Crippen molar-refractivity contribution in [3.8, 4) is 5.75 Å². The summed E-state index contributed by atoms with van der Waals surface area (Å²) in [5, 5.41) is 2.03. The van der Waals surface area contributed by atoms with Crippen LogP contribution in [0.1, 0.15) is 15.9 Å². The topological polar surface area (TPSA) is 26.3 Å². The van der Waals surface area contributed by atoms with Crippen molar-refractivity contribution in [1.82, 2.24) is 0 Å². The van der Waals surface area contributed by atoms with Crippen LogP contribution in [0.25, 0.3) is 10.8 Å². The molecule has 0 bridgehead atoms. The van der Waals surface area contributed by atoms with Crippen LogP contribution in [0.5, 0.6) is 5.75 Å². The van der Waals surface area contributed by atoms with Crippen LogP contribution in [0.15, 0.2) is 30.3 Å². The normalized spacial score (nSPS) is 13.6. The van der Waals surface area contributed by atoms with E-state index in [4.69, 9.17) is 4.74 Å². The SMILES string of the molecule is O=Cc1cc2c(c3ccccc13)OCC2. The average molecular weight is 198 g/mol. The quantitative estimate of drug-likeness (QED) is 0.658. The number of fused-ring (bicyclic) bond motifs is 3. The van der Waals surface area contributed by atoms with Crippen LogP contribution in [0, 0.1) is 0 Å². The van der Waals surface area contributed by atoms with Crippen molar-refractivity contribution < 1.29 is 9.53 Å². The smallest absolute Gasteiger partial charge is 0.150 e. The monoisotopic (exact) mass is 198 g/mol. The molecule has 2 nitrogen and oxygen atoms in total. The minimum absolute atomic E-state index is 0.724. The molecule has 0 saturated heterocycles. The Kier molecular flexibility index (Phi) is 1.75. The molecule has 0 aromatic heterocycles. The first-order valence-corrected chi connectivity index (χ1v) is 5.03. The Hall–Kier alpha value is -1.83. The lowest BCUT2D eigenvalue weighted by molar-refractivity contribution is 0.112. The highest BCUT2D eigenvalue weighted by atomic mass is 16.5. The van der Waals surface area contributed by atoms with Crippen molar-refractivity contribution in [1.29, 1.82) is 0 Å². The lowest BCUT2D eigenvalue weighted by Gasteiger charge is -2.06. The summed E-state index contributed by atoms with van der Waals surface area (Å²) < 4.78 is 5.60. The molecule has 0 unspecified atom stereocenters. The maximum absolute atomic E-state index is 11.0. The molecule has 1 aliphatic heterocycles. The van der Waals surface area contributed by atoms with Gasteiger partial charge in [-0.1, -0.05) is 24.3 Å². The number of rotatable bonds is 1. The number of aldehydes is 1. The van der Waals surface area contributed by atoms with Crippen molar-refractivity contribution >= 4 is 17.1 Å². The zero-order valence-electron chi connectivity index (χ0n) is 8.19. The highest BCUT2D eigenvalue weighted by Crippen LogP contribution is 2.35. The van der Waals surface area contributed by atoms with E-state index < -0.39 is 0 Å². The molecule has 1 aliphatic rings. The van der Waals surface area contributed by atoms with E-state index in [0.29, 0.717) is 0 Å². The van der Waals surface area contributed by atoms with Gasteiger partial charge in [0, 0.05) is 17.4 Å². The molecule has 0 radical (unpaired) electrons. The predicted octanol–water partition coefficient (Wildman–Crippen LogP) is 2.59. The fraction of sp³-hybridized carbons (Fsp3) is 0.154. The summed E-state index contributed by atoms with van der Waals surface area (Å²) in [6, 6.07) is 9.82. The highest BCUT2D eigenvalue weighted by molar-refractivity contribution is 6.02. The molecule has 0 saturated carbocycles. The molecule has 15 heavy (non-hydrogen) atoms. The van der Waals surface area contributed by atoms with Gasteiger partial charge in [-0.25, -0.2) is 0 Å². The van der Waals surface area contributed by atoms with Crippen molar-refractivity contribution in [2.45, 2.75) is 6.42 Å². The lowest BCUT2D eigenvalue weighted by atomic mass is 10.00. The van der Waals surface area contributed by atoms with Crippen molar-refractivity contribution in [2.75, 3.05) is 6.61 Å². The van der Waals surface area contributed by atoms with E-state index in [0.717, 1.165) is 47.0 Å². The second kappa shape index (κ2) is 3.09. The van der Waals surface area contributed by atoms with Crippen LogP contribution in [0.4, 0.5) is 0 Å². The van der Waals surface area contributed by atoms with Gasteiger partial charge in [0.25, 0.3) is 0 Å². The lowest BCUT2D eigenvalue weighted by Crippen LogP contribution is -1.88. The van der Waals surface area contributed by atoms with Gasteiger partial charge in [0.05, 0.1) is 6.61 Å². The summed E-state index contributed by atoms with van der Waals surface area (Å²) in [4.78, 5) is 11.0. The minimum Gasteiger partial charge on any atom is -0.492 e. The molecule has 2 aromatic rings. The molecular formula is C13H10O2. The summed E-state index contributed by atoms with van der Waals surface area (Å²) in [5.41, 5.74) is 1.91. The van der Waals surface area contributed by atoms with Gasteiger partial charge in [-0.15, -0.1) is 0 Å². The second-order valence-corrected chi connectivity index (χ2v) is 3.72. The van der Waals surface area contributed by atoms with Crippen molar-refractivity contribution in [2.24, 2.45) is 0 Å². The average Bonchev–Trinajstić information content (AvgIpc) is 2.76. The van der Waals surface area contributed by atoms with Crippen molar-refractivity contribution in [3.05, 3.63) is 41.5 Å². The van der Waals surface area contributed by atoms with Crippen LogP contribution >= 0.6 is 0 Å². The maximum Gasteiger partial charge on any atom is 0.150 e. The van der Waals surface area contributed by atoms with Crippen molar-refractivity contribution in [3.63, 3.8) is 0 Å². The largest absolute Gasteiger partial charge is 0.492 e. The molecule has 2 aromatic carbocycles. The molecule has 0 aliphatic carbocycles. The van der Waals surface area contributed by atoms with E-state index >= 15 is 0 Å². The summed E-state index contributed by atoms with van der Waals surface area (Å²) in [6.45, 7) is 0.724. The number of ether oxygens (including phenoxy) is 1. The summed E-state index contributed by atoms with van der Waals surface area (Å²) in [5.74, 6) is 0.955. The molecule has 3 rings (SSSR count). The van der Waals surface area contributed by atoms with Gasteiger partial charge in [0.1, 0.15) is 5.75 Å². The van der Waals surface area contributed by atoms with E-state index in [1.165, 1.54) is 0 Å². The fourth-order valence-corrected chi connectivity index (χ4v) is 2.15. The standard InChI is InChI=1S/C13H10O2/c14-8-10-7-9-5-6-15-13(9)12-4-2-1-3-11(10)12/h1-4,7-8H,5-6H2. The van der Waals surface area contributed by atoms with Gasteiger partial charge in [-0.2, -0.15) is 0 Å². The number of hydrogen-bond donors (Lipinski definition) is 0. The first-order chi connectivity index (χ1) is 7.40. The Balaban J connectivity index is 2.46. The third-order valence-corrected chi connectivity index (χ3v) is 2.85. The van der Waals surface area contributed by atoms with E-state index in [2.05, 4.69) is 0 Å². The first-order valence-electron chi connectivity index (χ1n) is 5.03. The maximum atomic E-state index is 11.0. The van der Waals surface area contributed by atoms with Gasteiger partial charge in [-0.05, 0) is 17.0 Å². The molecule has 2 heteroatoms. The molecule has 0 atom stereocenters. The van der Waals surface area contributed by atoms with E-state index in [-0.39, 0.29) is 0 Å². The molecule has 0 spiro atoms. The third kappa shape index (κ3) is 1.14. The van der Waals surface area contributed by atoms with Crippen LogP contribution in [-0.2, 0) is 6.42 Å². The van der Waals surface area contributed by atoms with Gasteiger partial charge in [-0.3, -0.25) is 4.79 Å². The Bertz CT molecular complexity index is 543. The molecular weight excluding hydrogens is 188 g/mol. The zero-order chi connectivity index (χ0) is 10.3. The summed E-state index contributed by atoms with van der Waals surface area (Å²) in [7, 11) is 0. The molecule has 1 heterocycles. The number of carbonyl (C=O) groups excluding carboxylic acids is 1. The van der Waals surface area contributed by atoms with Crippen LogP contribution < -0.4 is 4.74 Å². The van der Waals surface area contributed by atoms with Gasteiger partial charge < -0.3 is 4.74 Å². The van der Waals surface area contributed by atoms with Gasteiger partial charge in [0.15, 0.2) is 6.29 Å². The molecule has 0 amide bonds. The van der Waals surface area contributed by atoms with Gasteiger partial charge >= 0.3 is 0 Å². The minimum atomic E-state index is 0.724. The summed E-state index contributed by atoms with van der Waals surface area (Å²) >= 11 is 0. The zero-order valence-corrected chi connectivity index (χ0v) is 8.19. The molecule has 0 N–H and O–H groups in total. The van der Waals surface area contributed by atoms with Crippen LogP contribution in [0.3, 0.4) is 0 Å². The van der Waals surface area contributed by atoms with Gasteiger partial charge in [0.2, 0.25) is 0 Å². The fourth-order valence-electron chi connectivity index (χ4n) is 2.15. The first kappa shape index (κ1) is 8.48. The number of benzene rings is 2. The highest BCUT2D eigenvalue weighted by Gasteiger charge is 2.17. The Morgan fingerprint density at radius 1 is 1.20 bits per heavy atom. The molecule has 74 valence electrons. The molecule has 0 fully saturated rings. The van der Waals surface area contributed by atoms with E-state index in [1.807, 2.05) is 30.3 Å². The Morgan fingerprint density at radius 3 is 2.80 bits per heavy atom. The van der Waals surface area contributed by atoms with E-state index in [9.17, 15) is 4.79 Å². The second-order valence-electron chi connectivity index (χ2n) is 3.72. The Labute approximate surface area is 87.5 Å².